The second-order valence-corrected chi connectivity index (χ2v) is 11.6. The summed E-state index contributed by atoms with van der Waals surface area (Å²) in [5, 5.41) is 6.22. The Hall–Kier alpha value is -2.59. The fourth-order valence-electron chi connectivity index (χ4n) is 5.93. The molecule has 3 unspecified atom stereocenters. The number of aromatic nitrogens is 2. The van der Waals surface area contributed by atoms with Crippen molar-refractivity contribution in [2.75, 3.05) is 11.9 Å². The monoisotopic (exact) mass is 598 g/mol. The van der Waals surface area contributed by atoms with E-state index in [1.54, 1.807) is 13.0 Å². The smallest absolute Gasteiger partial charge is 0.363 e. The van der Waals surface area contributed by atoms with Gasteiger partial charge in [-0.25, -0.2) is 18.7 Å². The number of halogens is 6. The van der Waals surface area contributed by atoms with Crippen LogP contribution in [0.15, 0.2) is 36.9 Å². The Morgan fingerprint density at radius 2 is 1.98 bits per heavy atom. The maximum absolute atomic E-state index is 14.3. The number of Topliss-reactive ketones (excluding diaryl/α,β-unsaturated/α-hetero) is 1. The molecular formula is C30H36ClF5N4O. The molecule has 1 aliphatic heterocycles. The van der Waals surface area contributed by atoms with Gasteiger partial charge in [-0.3, -0.25) is 4.79 Å². The van der Waals surface area contributed by atoms with Gasteiger partial charge in [-0.2, -0.15) is 13.2 Å². The van der Waals surface area contributed by atoms with E-state index in [4.69, 9.17) is 11.6 Å². The lowest BCUT2D eigenvalue weighted by Crippen LogP contribution is -2.46. The van der Waals surface area contributed by atoms with Crippen LogP contribution in [-0.2, 0) is 23.8 Å². The largest absolute Gasteiger partial charge is 0.416 e. The molecule has 1 aliphatic carbocycles. The van der Waals surface area contributed by atoms with Gasteiger partial charge in [0.15, 0.2) is 0 Å². The first-order valence-corrected chi connectivity index (χ1v) is 14.5. The number of alkyl halides is 5. The Morgan fingerprint density at radius 1 is 1.20 bits per heavy atom. The second-order valence-electron chi connectivity index (χ2n) is 11.2. The zero-order chi connectivity index (χ0) is 29.8. The molecule has 1 aromatic carbocycles. The Morgan fingerprint density at radius 3 is 2.71 bits per heavy atom. The maximum atomic E-state index is 14.3. The molecule has 0 radical (unpaired) electrons. The average molecular weight is 599 g/mol. The van der Waals surface area contributed by atoms with Crippen LogP contribution >= 0.6 is 11.6 Å². The minimum atomic E-state index is -4.44. The van der Waals surface area contributed by atoms with Gasteiger partial charge in [-0.05, 0) is 87.2 Å². The zero-order valence-corrected chi connectivity index (χ0v) is 23.8. The summed E-state index contributed by atoms with van der Waals surface area (Å²) in [4.78, 5) is 21.8. The molecule has 1 aromatic heterocycles. The van der Waals surface area contributed by atoms with Crippen molar-refractivity contribution in [3.63, 3.8) is 0 Å². The molecule has 0 spiro atoms. The highest BCUT2D eigenvalue weighted by atomic mass is 35.5. The molecule has 2 aromatic rings. The first kappa shape index (κ1) is 31.3. The number of nitrogens with zero attached hydrogens (tertiary/aromatic N) is 2. The standard InChI is InChI=1S/C30H36ClF5N4O/c1-3-13-29(32,33)26-9-5-6-20(12-14-37-26)25(41)11-10-19-15-23-24(16-19)39-28(31)40-27(23)38-18(2)21-7-4-8-22(17-21)30(34,35)36/h3-4,7-8,17-20,26,37H,1,5-6,9-16H2,2H3,(H,38,39,40)/t18-,19?,20?,26?/m1/s1. The number of anilines is 1. The van der Waals surface area contributed by atoms with Gasteiger partial charge in [-0.15, -0.1) is 6.58 Å². The third-order valence-electron chi connectivity index (χ3n) is 8.22. The molecule has 2 aliphatic rings. The van der Waals surface area contributed by atoms with Crippen LogP contribution in [0.25, 0.3) is 0 Å². The molecule has 1 saturated heterocycles. The van der Waals surface area contributed by atoms with Crippen LogP contribution in [0.1, 0.15) is 80.3 Å². The number of rotatable bonds is 10. The second kappa shape index (κ2) is 13.2. The molecule has 0 amide bonds. The van der Waals surface area contributed by atoms with E-state index < -0.39 is 29.7 Å². The van der Waals surface area contributed by atoms with Gasteiger partial charge in [-0.1, -0.05) is 24.6 Å². The molecule has 224 valence electrons. The molecule has 1 fully saturated rings. The molecule has 0 saturated carbocycles. The quantitative estimate of drug-likeness (QED) is 0.166. The fraction of sp³-hybridized carbons (Fsp3) is 0.567. The molecule has 11 heteroatoms. The summed E-state index contributed by atoms with van der Waals surface area (Å²) in [6.45, 7) is 5.55. The van der Waals surface area contributed by atoms with Crippen molar-refractivity contribution in [2.45, 2.75) is 88.9 Å². The first-order chi connectivity index (χ1) is 19.4. The topological polar surface area (TPSA) is 66.9 Å². The van der Waals surface area contributed by atoms with Crippen molar-refractivity contribution >= 4 is 23.2 Å². The third-order valence-corrected chi connectivity index (χ3v) is 8.39. The summed E-state index contributed by atoms with van der Waals surface area (Å²) in [6.07, 6.45) is 0.754. The van der Waals surface area contributed by atoms with Crippen molar-refractivity contribution < 1.29 is 26.7 Å². The number of carbonyl (C=O) groups excluding carboxylic acids is 1. The normalized spacial score (nSPS) is 22.4. The summed E-state index contributed by atoms with van der Waals surface area (Å²) in [5.41, 5.74) is 1.40. The van der Waals surface area contributed by atoms with Crippen molar-refractivity contribution in [3.05, 3.63) is 64.6 Å². The lowest BCUT2D eigenvalue weighted by Gasteiger charge is -2.30. The van der Waals surface area contributed by atoms with Gasteiger partial charge in [0.25, 0.3) is 5.92 Å². The van der Waals surface area contributed by atoms with E-state index in [2.05, 4.69) is 27.2 Å². The van der Waals surface area contributed by atoms with Crippen molar-refractivity contribution in [3.8, 4) is 0 Å². The molecule has 4 rings (SSSR count). The van der Waals surface area contributed by atoms with Crippen LogP contribution in [0, 0.1) is 11.8 Å². The number of carbonyl (C=O) groups is 1. The number of nitrogens with one attached hydrogen (secondary N) is 2. The van der Waals surface area contributed by atoms with Crippen molar-refractivity contribution in [2.24, 2.45) is 11.8 Å². The van der Waals surface area contributed by atoms with Crippen LogP contribution in [0.4, 0.5) is 27.8 Å². The number of fused-ring (bicyclic) bond motifs is 1. The number of ketones is 1. The van der Waals surface area contributed by atoms with Gasteiger partial charge in [0, 0.05) is 30.4 Å². The van der Waals surface area contributed by atoms with Crippen LogP contribution in [0.2, 0.25) is 5.28 Å². The molecule has 41 heavy (non-hydrogen) atoms. The highest BCUT2D eigenvalue weighted by Crippen LogP contribution is 2.37. The Kier molecular flexibility index (Phi) is 10.1. The first-order valence-electron chi connectivity index (χ1n) is 14.1. The summed E-state index contributed by atoms with van der Waals surface area (Å²) in [5.74, 6) is -2.20. The molecular weight excluding hydrogens is 563 g/mol. The van der Waals surface area contributed by atoms with Crippen LogP contribution in [0.3, 0.4) is 0 Å². The lowest BCUT2D eigenvalue weighted by atomic mass is 9.86. The fourth-order valence-corrected chi connectivity index (χ4v) is 6.11. The van der Waals surface area contributed by atoms with Gasteiger partial charge < -0.3 is 10.6 Å². The lowest BCUT2D eigenvalue weighted by molar-refractivity contribution is -0.137. The Balaban J connectivity index is 1.33. The molecule has 5 nitrogen and oxygen atoms in total. The molecule has 2 heterocycles. The maximum Gasteiger partial charge on any atom is 0.416 e. The van der Waals surface area contributed by atoms with Crippen LogP contribution in [-0.4, -0.2) is 34.3 Å². The van der Waals surface area contributed by atoms with Gasteiger partial charge in [0.05, 0.1) is 17.3 Å². The summed E-state index contributed by atoms with van der Waals surface area (Å²) < 4.78 is 68.1. The third kappa shape index (κ3) is 8.03. The van der Waals surface area contributed by atoms with E-state index in [1.807, 2.05) is 0 Å². The van der Waals surface area contributed by atoms with E-state index in [9.17, 15) is 26.7 Å². The summed E-state index contributed by atoms with van der Waals surface area (Å²) >= 11 is 6.18. The summed E-state index contributed by atoms with van der Waals surface area (Å²) in [7, 11) is 0. The van der Waals surface area contributed by atoms with Crippen LogP contribution in [0.5, 0.6) is 0 Å². The van der Waals surface area contributed by atoms with E-state index in [0.29, 0.717) is 69.3 Å². The molecule has 4 atom stereocenters. The highest BCUT2D eigenvalue weighted by Gasteiger charge is 2.39. The van der Waals surface area contributed by atoms with E-state index in [1.165, 1.54) is 12.1 Å². The molecule has 0 bridgehead atoms. The predicted molar refractivity (Wildman–Crippen MR) is 149 cm³/mol. The molecule has 2 N–H and O–H groups in total. The SMILES string of the molecule is C=CCC(F)(F)C1CCCC(C(=O)CCC2Cc3nc(Cl)nc(N[C@H](C)c4cccc(C(F)(F)F)c4)c3C2)CCN1. The summed E-state index contributed by atoms with van der Waals surface area (Å²) in [6, 6.07) is 3.80. The number of hydrogen-bond acceptors (Lipinski definition) is 5. The number of benzene rings is 1. The zero-order valence-electron chi connectivity index (χ0n) is 23.0. The van der Waals surface area contributed by atoms with E-state index in [-0.39, 0.29) is 29.3 Å². The van der Waals surface area contributed by atoms with Crippen LogP contribution < -0.4 is 10.6 Å². The van der Waals surface area contributed by atoms with E-state index in [0.717, 1.165) is 23.4 Å². The Labute approximate surface area is 242 Å². The number of allylic oxidation sites excluding steroid dienone is 1. The highest BCUT2D eigenvalue weighted by molar-refractivity contribution is 6.28. The van der Waals surface area contributed by atoms with Gasteiger partial charge in [0.1, 0.15) is 11.6 Å². The van der Waals surface area contributed by atoms with Crippen molar-refractivity contribution in [1.29, 1.82) is 0 Å². The minimum absolute atomic E-state index is 0.0539. The Bertz CT molecular complexity index is 1230. The average Bonchev–Trinajstić information content (AvgIpc) is 3.29. The number of hydrogen-bond donors (Lipinski definition) is 2. The van der Waals surface area contributed by atoms with E-state index >= 15 is 0 Å². The minimum Gasteiger partial charge on any atom is -0.363 e. The van der Waals surface area contributed by atoms with Gasteiger partial charge in [0.2, 0.25) is 5.28 Å². The predicted octanol–water partition coefficient (Wildman–Crippen LogP) is 7.75. The van der Waals surface area contributed by atoms with Gasteiger partial charge >= 0.3 is 6.18 Å². The van der Waals surface area contributed by atoms with Crippen molar-refractivity contribution in [1.82, 2.24) is 15.3 Å².